The number of rotatable bonds is 4. The molecule has 0 amide bonds. The molecule has 0 aliphatic rings. The van der Waals surface area contributed by atoms with E-state index in [1.54, 1.807) is 0 Å². The van der Waals surface area contributed by atoms with Crippen LogP contribution in [0.5, 0.6) is 0 Å². The van der Waals surface area contributed by atoms with Gasteiger partial charge in [0.05, 0.1) is 0 Å². The fraction of sp³-hybridized carbons (Fsp3) is 0.750. The van der Waals surface area contributed by atoms with E-state index in [1.165, 1.54) is 0 Å². The van der Waals surface area contributed by atoms with Crippen LogP contribution in [-0.4, -0.2) is 37.0 Å². The molecule has 72 valence electrons. The van der Waals surface area contributed by atoms with E-state index in [2.05, 4.69) is 22.9 Å². The summed E-state index contributed by atoms with van der Waals surface area (Å²) in [7, 11) is -4.01. The minimum absolute atomic E-state index is 0.151. The number of hydrogen-bond donors (Lipinski definition) is 4. The molecule has 0 aromatic rings. The molecule has 0 rings (SSSR count). The van der Waals surface area contributed by atoms with Gasteiger partial charge in [0.1, 0.15) is 5.88 Å². The second-order valence-electron chi connectivity index (χ2n) is 1.95. The average molecular weight is 213 g/mol. The predicted molar refractivity (Wildman–Crippen MR) is 49.2 cm³/mol. The second kappa shape index (κ2) is 5.25. The Hall–Kier alpha value is -0.440. The molecule has 5 N–H and O–H groups in total. The van der Waals surface area contributed by atoms with Gasteiger partial charge in [0.15, 0.2) is 5.11 Å². The fourth-order valence-electron chi connectivity index (χ4n) is 0.405. The first-order chi connectivity index (χ1) is 5.45. The van der Waals surface area contributed by atoms with E-state index in [0.29, 0.717) is 13.1 Å². The minimum Gasteiger partial charge on any atom is -0.361 e. The van der Waals surface area contributed by atoms with Crippen molar-refractivity contribution in [2.75, 3.05) is 19.0 Å². The zero-order chi connectivity index (χ0) is 9.61. The highest BCUT2D eigenvalue weighted by Crippen LogP contribution is 1.76. The largest absolute Gasteiger partial charge is 0.361 e. The SMILES string of the molecule is NCCNC(=S)NCS(=O)(=O)O. The van der Waals surface area contributed by atoms with Crippen LogP contribution >= 0.6 is 12.2 Å². The topological polar surface area (TPSA) is 104 Å². The van der Waals surface area contributed by atoms with Crippen molar-refractivity contribution < 1.29 is 13.0 Å². The molecule has 12 heavy (non-hydrogen) atoms. The highest BCUT2D eigenvalue weighted by molar-refractivity contribution is 7.85. The standard InChI is InChI=1S/C4H11N3O3S2/c5-1-2-6-4(11)7-3-12(8,9)10/h1-3,5H2,(H2,6,7,11)(H,8,9,10). The summed E-state index contributed by atoms with van der Waals surface area (Å²) in [5, 5.41) is 5.06. The normalized spacial score (nSPS) is 10.8. The van der Waals surface area contributed by atoms with Gasteiger partial charge < -0.3 is 16.4 Å². The maximum atomic E-state index is 10.2. The van der Waals surface area contributed by atoms with Crippen molar-refractivity contribution in [3.05, 3.63) is 0 Å². The summed E-state index contributed by atoms with van der Waals surface area (Å²) in [6.45, 7) is 0.852. The highest BCUT2D eigenvalue weighted by atomic mass is 32.2. The molecule has 0 saturated carbocycles. The van der Waals surface area contributed by atoms with Gasteiger partial charge in [-0.1, -0.05) is 0 Å². The van der Waals surface area contributed by atoms with Crippen LogP contribution in [0.15, 0.2) is 0 Å². The first-order valence-corrected chi connectivity index (χ1v) is 5.14. The molecule has 0 atom stereocenters. The second-order valence-corrected chi connectivity index (χ2v) is 3.81. The molecule has 0 aliphatic carbocycles. The number of thiocarbonyl (C=S) groups is 1. The molecule has 0 heterocycles. The van der Waals surface area contributed by atoms with Crippen molar-refractivity contribution in [1.82, 2.24) is 10.6 Å². The lowest BCUT2D eigenvalue weighted by Crippen LogP contribution is -2.40. The molecule has 0 aromatic heterocycles. The van der Waals surface area contributed by atoms with E-state index in [0.717, 1.165) is 0 Å². The van der Waals surface area contributed by atoms with Crippen LogP contribution in [0.25, 0.3) is 0 Å². The van der Waals surface area contributed by atoms with Crippen LogP contribution in [0.3, 0.4) is 0 Å². The quantitative estimate of drug-likeness (QED) is 0.324. The molecule has 8 heteroatoms. The molecule has 0 bridgehead atoms. The molecule has 0 unspecified atom stereocenters. The fourth-order valence-corrected chi connectivity index (χ4v) is 0.997. The van der Waals surface area contributed by atoms with Gasteiger partial charge in [0.2, 0.25) is 0 Å². The Labute approximate surface area is 76.3 Å². The van der Waals surface area contributed by atoms with Gasteiger partial charge in [-0.25, -0.2) is 0 Å². The molecule has 0 fully saturated rings. The summed E-state index contributed by atoms with van der Waals surface area (Å²) >= 11 is 4.63. The summed E-state index contributed by atoms with van der Waals surface area (Å²) in [6.07, 6.45) is 0. The minimum atomic E-state index is -4.01. The van der Waals surface area contributed by atoms with E-state index in [-0.39, 0.29) is 5.11 Å². The molecule has 0 spiro atoms. The summed E-state index contributed by atoms with van der Waals surface area (Å²) in [5.74, 6) is -0.594. The summed E-state index contributed by atoms with van der Waals surface area (Å²) in [6, 6.07) is 0. The van der Waals surface area contributed by atoms with Gasteiger partial charge in [0, 0.05) is 13.1 Å². The van der Waals surface area contributed by atoms with Crippen LogP contribution < -0.4 is 16.4 Å². The molecular weight excluding hydrogens is 202 g/mol. The Morgan fingerprint density at radius 1 is 1.50 bits per heavy atom. The third-order valence-corrected chi connectivity index (χ3v) is 1.64. The molecule has 0 aromatic carbocycles. The predicted octanol–water partition coefficient (Wildman–Crippen LogP) is -1.75. The van der Waals surface area contributed by atoms with Crippen LogP contribution in [0.4, 0.5) is 0 Å². The molecular formula is C4H11N3O3S2. The van der Waals surface area contributed by atoms with Crippen molar-refractivity contribution in [2.24, 2.45) is 5.73 Å². The van der Waals surface area contributed by atoms with Crippen molar-refractivity contribution in [2.45, 2.75) is 0 Å². The highest BCUT2D eigenvalue weighted by Gasteiger charge is 2.03. The van der Waals surface area contributed by atoms with Gasteiger partial charge in [0.25, 0.3) is 10.1 Å². The lowest BCUT2D eigenvalue weighted by molar-refractivity contribution is 0.481. The van der Waals surface area contributed by atoms with E-state index in [4.69, 9.17) is 10.3 Å². The van der Waals surface area contributed by atoms with Crippen molar-refractivity contribution in [3.63, 3.8) is 0 Å². The first kappa shape index (κ1) is 11.6. The Bertz CT molecular complexity index is 238. The zero-order valence-corrected chi connectivity index (χ0v) is 7.91. The van der Waals surface area contributed by atoms with E-state index in [9.17, 15) is 8.42 Å². The molecule has 0 aliphatic heterocycles. The van der Waals surface area contributed by atoms with Crippen LogP contribution in [0, 0.1) is 0 Å². The van der Waals surface area contributed by atoms with Crippen molar-refractivity contribution >= 4 is 27.4 Å². The van der Waals surface area contributed by atoms with Gasteiger partial charge in [-0.05, 0) is 12.2 Å². The van der Waals surface area contributed by atoms with Crippen LogP contribution in [-0.2, 0) is 10.1 Å². The van der Waals surface area contributed by atoms with Gasteiger partial charge >= 0.3 is 0 Å². The van der Waals surface area contributed by atoms with Gasteiger partial charge in [-0.3, -0.25) is 4.55 Å². The maximum absolute atomic E-state index is 10.2. The smallest absolute Gasteiger partial charge is 0.283 e. The molecule has 0 radical (unpaired) electrons. The maximum Gasteiger partial charge on any atom is 0.283 e. The Morgan fingerprint density at radius 3 is 2.50 bits per heavy atom. The van der Waals surface area contributed by atoms with E-state index >= 15 is 0 Å². The molecule has 6 nitrogen and oxygen atoms in total. The summed E-state index contributed by atoms with van der Waals surface area (Å²) < 4.78 is 28.7. The van der Waals surface area contributed by atoms with Crippen LogP contribution in [0.2, 0.25) is 0 Å². The average Bonchev–Trinajstić information content (AvgIpc) is 1.95. The lowest BCUT2D eigenvalue weighted by Gasteiger charge is -2.06. The molecule has 0 saturated heterocycles. The number of nitrogens with one attached hydrogen (secondary N) is 2. The Morgan fingerprint density at radius 2 is 2.08 bits per heavy atom. The van der Waals surface area contributed by atoms with Gasteiger partial charge in [-0.15, -0.1) is 0 Å². The number of nitrogens with two attached hydrogens (primary N) is 1. The van der Waals surface area contributed by atoms with E-state index in [1.807, 2.05) is 0 Å². The third kappa shape index (κ3) is 7.66. The third-order valence-electron chi connectivity index (χ3n) is 0.845. The zero-order valence-electron chi connectivity index (χ0n) is 6.28. The summed E-state index contributed by atoms with van der Waals surface area (Å²) in [4.78, 5) is 0. The Balaban J connectivity index is 3.58. The van der Waals surface area contributed by atoms with Gasteiger partial charge in [-0.2, -0.15) is 8.42 Å². The van der Waals surface area contributed by atoms with E-state index < -0.39 is 16.0 Å². The first-order valence-electron chi connectivity index (χ1n) is 3.12. The lowest BCUT2D eigenvalue weighted by atomic mass is 10.6. The van der Waals surface area contributed by atoms with Crippen molar-refractivity contribution in [3.8, 4) is 0 Å². The van der Waals surface area contributed by atoms with Crippen LogP contribution in [0.1, 0.15) is 0 Å². The monoisotopic (exact) mass is 213 g/mol. The Kier molecular flexibility index (Phi) is 5.06. The summed E-state index contributed by atoms with van der Waals surface area (Å²) in [5.41, 5.74) is 5.14. The van der Waals surface area contributed by atoms with Crippen molar-refractivity contribution in [1.29, 1.82) is 0 Å². The number of hydrogen-bond acceptors (Lipinski definition) is 4.